The Hall–Kier alpha value is -2.56. The highest BCUT2D eigenvalue weighted by atomic mass is 16.5. The van der Waals surface area contributed by atoms with Crippen molar-refractivity contribution >= 4 is 11.7 Å². The van der Waals surface area contributed by atoms with Crippen LogP contribution < -0.4 is 10.5 Å². The molecule has 0 spiro atoms. The third-order valence-electron chi connectivity index (χ3n) is 2.73. The summed E-state index contributed by atoms with van der Waals surface area (Å²) in [7, 11) is 2.87. The van der Waals surface area contributed by atoms with E-state index in [1.165, 1.54) is 14.2 Å². The normalized spacial score (nSPS) is 10.0. The number of nitrogens with two attached hydrogens (primary N) is 1. The third kappa shape index (κ3) is 2.49. The number of aromatic nitrogens is 1. The first-order chi connectivity index (χ1) is 9.17. The van der Waals surface area contributed by atoms with Crippen LogP contribution >= 0.6 is 0 Å². The summed E-state index contributed by atoms with van der Waals surface area (Å²) < 4.78 is 9.90. The molecule has 0 aliphatic rings. The van der Waals surface area contributed by atoms with Crippen LogP contribution in [0.5, 0.6) is 5.88 Å². The van der Waals surface area contributed by atoms with Crippen molar-refractivity contribution in [2.24, 2.45) is 0 Å². The van der Waals surface area contributed by atoms with Crippen LogP contribution in [0.4, 0.5) is 5.69 Å². The van der Waals surface area contributed by atoms with Crippen LogP contribution in [0.25, 0.3) is 11.1 Å². The van der Waals surface area contributed by atoms with Gasteiger partial charge in [0.25, 0.3) is 0 Å². The van der Waals surface area contributed by atoms with Gasteiger partial charge >= 0.3 is 5.97 Å². The number of esters is 1. The number of methoxy groups -OCH3 is 2. The van der Waals surface area contributed by atoms with E-state index in [1.807, 2.05) is 6.07 Å². The molecule has 0 aliphatic heterocycles. The van der Waals surface area contributed by atoms with E-state index in [0.29, 0.717) is 22.7 Å². The van der Waals surface area contributed by atoms with Crippen molar-refractivity contribution in [3.8, 4) is 17.0 Å². The third-order valence-corrected chi connectivity index (χ3v) is 2.73. The number of nitrogens with zero attached hydrogens (tertiary/aromatic N) is 1. The van der Waals surface area contributed by atoms with Gasteiger partial charge in [-0.15, -0.1) is 0 Å². The van der Waals surface area contributed by atoms with E-state index in [4.69, 9.17) is 15.2 Å². The maximum Gasteiger partial charge on any atom is 0.337 e. The number of nitrogen functional groups attached to an aromatic ring is 1. The fraction of sp³-hybridized carbons (Fsp3) is 0.143. The standard InChI is InChI=1S/C14H14N2O3/c1-18-13-10(4-3-7-16-13)11-8-9(14(17)19-2)5-6-12(11)15/h3-8H,15H2,1-2H3. The molecule has 0 atom stereocenters. The van der Waals surface area contributed by atoms with Gasteiger partial charge in [0.1, 0.15) is 0 Å². The Morgan fingerprint density at radius 2 is 2.00 bits per heavy atom. The highest BCUT2D eigenvalue weighted by Gasteiger charge is 2.13. The van der Waals surface area contributed by atoms with E-state index in [2.05, 4.69) is 4.98 Å². The van der Waals surface area contributed by atoms with Crippen molar-refractivity contribution in [2.45, 2.75) is 0 Å². The topological polar surface area (TPSA) is 74.4 Å². The van der Waals surface area contributed by atoms with Crippen LogP contribution in [0.2, 0.25) is 0 Å². The van der Waals surface area contributed by atoms with E-state index in [1.54, 1.807) is 30.5 Å². The van der Waals surface area contributed by atoms with Gasteiger partial charge in [-0.05, 0) is 30.3 Å². The average molecular weight is 258 g/mol. The zero-order valence-electron chi connectivity index (χ0n) is 10.7. The van der Waals surface area contributed by atoms with E-state index in [9.17, 15) is 4.79 Å². The van der Waals surface area contributed by atoms with Crippen molar-refractivity contribution < 1.29 is 14.3 Å². The molecule has 5 nitrogen and oxygen atoms in total. The summed E-state index contributed by atoms with van der Waals surface area (Å²) in [5.74, 6) is 0.0420. The van der Waals surface area contributed by atoms with E-state index in [0.717, 1.165) is 5.56 Å². The lowest BCUT2D eigenvalue weighted by Crippen LogP contribution is -2.03. The van der Waals surface area contributed by atoms with Gasteiger partial charge in [-0.1, -0.05) is 0 Å². The average Bonchev–Trinajstić information content (AvgIpc) is 2.47. The maximum atomic E-state index is 11.6. The molecule has 0 fully saturated rings. The number of hydrogen-bond acceptors (Lipinski definition) is 5. The molecule has 0 saturated carbocycles. The van der Waals surface area contributed by atoms with Gasteiger partial charge in [0.15, 0.2) is 0 Å². The van der Waals surface area contributed by atoms with Crippen molar-refractivity contribution in [2.75, 3.05) is 20.0 Å². The fourth-order valence-electron chi connectivity index (χ4n) is 1.79. The van der Waals surface area contributed by atoms with Gasteiger partial charge < -0.3 is 15.2 Å². The number of carbonyl (C=O) groups excluding carboxylic acids is 1. The molecule has 0 bridgehead atoms. The molecule has 0 radical (unpaired) electrons. The molecule has 5 heteroatoms. The van der Waals surface area contributed by atoms with Crippen LogP contribution in [-0.4, -0.2) is 25.2 Å². The van der Waals surface area contributed by atoms with E-state index in [-0.39, 0.29) is 0 Å². The number of hydrogen-bond donors (Lipinski definition) is 1. The lowest BCUT2D eigenvalue weighted by Gasteiger charge is -2.10. The van der Waals surface area contributed by atoms with Crippen LogP contribution in [0.1, 0.15) is 10.4 Å². The molecule has 0 amide bonds. The maximum absolute atomic E-state index is 11.6. The number of ether oxygens (including phenoxy) is 2. The van der Waals surface area contributed by atoms with Gasteiger partial charge in [0.2, 0.25) is 5.88 Å². The summed E-state index contributed by atoms with van der Waals surface area (Å²) in [4.78, 5) is 15.7. The highest BCUT2D eigenvalue weighted by molar-refractivity contribution is 5.93. The van der Waals surface area contributed by atoms with Gasteiger partial charge in [-0.2, -0.15) is 0 Å². The molecule has 98 valence electrons. The smallest absolute Gasteiger partial charge is 0.337 e. The molecule has 2 N–H and O–H groups in total. The lowest BCUT2D eigenvalue weighted by molar-refractivity contribution is 0.0601. The second-order valence-corrected chi connectivity index (χ2v) is 3.85. The highest BCUT2D eigenvalue weighted by Crippen LogP contribution is 2.32. The minimum Gasteiger partial charge on any atom is -0.481 e. The lowest BCUT2D eigenvalue weighted by atomic mass is 10.0. The van der Waals surface area contributed by atoms with E-state index >= 15 is 0 Å². The first kappa shape index (κ1) is 12.9. The van der Waals surface area contributed by atoms with Crippen LogP contribution in [0.15, 0.2) is 36.5 Å². The quantitative estimate of drug-likeness (QED) is 0.674. The summed E-state index contributed by atoms with van der Waals surface area (Å²) in [6.45, 7) is 0. The molecule has 1 aromatic heterocycles. The molecule has 0 unspecified atom stereocenters. The van der Waals surface area contributed by atoms with Crippen molar-refractivity contribution in [3.05, 3.63) is 42.1 Å². The Labute approximate surface area is 111 Å². The largest absolute Gasteiger partial charge is 0.481 e. The molecule has 2 rings (SSSR count). The Bertz CT molecular complexity index is 611. The van der Waals surface area contributed by atoms with Crippen molar-refractivity contribution in [3.63, 3.8) is 0 Å². The zero-order valence-corrected chi connectivity index (χ0v) is 10.7. The minimum atomic E-state index is -0.413. The molecular formula is C14H14N2O3. The van der Waals surface area contributed by atoms with Gasteiger partial charge in [0, 0.05) is 23.0 Å². The van der Waals surface area contributed by atoms with E-state index < -0.39 is 5.97 Å². The second-order valence-electron chi connectivity index (χ2n) is 3.85. The number of pyridine rings is 1. The summed E-state index contributed by atoms with van der Waals surface area (Å²) in [5.41, 5.74) is 8.34. The summed E-state index contributed by atoms with van der Waals surface area (Å²) in [6.07, 6.45) is 1.63. The Morgan fingerprint density at radius 1 is 1.21 bits per heavy atom. The summed E-state index contributed by atoms with van der Waals surface area (Å²) in [5, 5.41) is 0. The predicted octanol–water partition coefficient (Wildman–Crippen LogP) is 2.13. The first-order valence-electron chi connectivity index (χ1n) is 5.64. The molecule has 1 heterocycles. The molecule has 0 saturated heterocycles. The minimum absolute atomic E-state index is 0.413. The SMILES string of the molecule is COC(=O)c1ccc(N)c(-c2cccnc2OC)c1. The number of rotatable bonds is 3. The van der Waals surface area contributed by atoms with Crippen molar-refractivity contribution in [1.82, 2.24) is 4.98 Å². The number of carbonyl (C=O) groups is 1. The molecular weight excluding hydrogens is 244 g/mol. The molecule has 1 aromatic carbocycles. The Kier molecular flexibility index (Phi) is 3.66. The summed E-state index contributed by atoms with van der Waals surface area (Å²) >= 11 is 0. The van der Waals surface area contributed by atoms with Gasteiger partial charge in [-0.3, -0.25) is 0 Å². The van der Waals surface area contributed by atoms with Crippen LogP contribution in [0, 0.1) is 0 Å². The first-order valence-corrected chi connectivity index (χ1v) is 5.64. The van der Waals surface area contributed by atoms with Crippen LogP contribution in [-0.2, 0) is 4.74 Å². The molecule has 19 heavy (non-hydrogen) atoms. The monoisotopic (exact) mass is 258 g/mol. The molecule has 0 aliphatic carbocycles. The fourth-order valence-corrected chi connectivity index (χ4v) is 1.79. The van der Waals surface area contributed by atoms with Gasteiger partial charge in [-0.25, -0.2) is 9.78 Å². The Morgan fingerprint density at radius 3 is 2.68 bits per heavy atom. The van der Waals surface area contributed by atoms with Crippen molar-refractivity contribution in [1.29, 1.82) is 0 Å². The Balaban J connectivity index is 2.58. The number of anilines is 1. The predicted molar refractivity (Wildman–Crippen MR) is 72.0 cm³/mol. The van der Waals surface area contributed by atoms with Gasteiger partial charge in [0.05, 0.1) is 19.8 Å². The zero-order chi connectivity index (χ0) is 13.8. The second kappa shape index (κ2) is 5.39. The van der Waals surface area contributed by atoms with Crippen LogP contribution in [0.3, 0.4) is 0 Å². The summed E-state index contributed by atoms with van der Waals surface area (Å²) in [6, 6.07) is 8.56. The molecule has 2 aromatic rings. The number of benzene rings is 1.